The van der Waals surface area contributed by atoms with Gasteiger partial charge in [-0.15, -0.1) is 0 Å². The number of nitrogens with zero attached hydrogens (tertiary/aromatic N) is 3. The Bertz CT molecular complexity index is 1530. The Hall–Kier alpha value is -4.10. The first-order valence-electron chi connectivity index (χ1n) is 11.2. The van der Waals surface area contributed by atoms with Crippen molar-refractivity contribution in [3.05, 3.63) is 94.5 Å². The number of carbonyl (C=O) groups is 1. The second-order valence-electron chi connectivity index (χ2n) is 8.17. The number of nitrogens with two attached hydrogens (primary N) is 1. The number of rotatable bonds is 7. The molecule has 0 bridgehead atoms. The number of anilines is 1. The fourth-order valence-corrected chi connectivity index (χ4v) is 4.31. The van der Waals surface area contributed by atoms with Gasteiger partial charge in [-0.2, -0.15) is 0 Å². The number of para-hydroxylation sites is 2. The highest BCUT2D eigenvalue weighted by molar-refractivity contribution is 6.31. The van der Waals surface area contributed by atoms with E-state index in [1.165, 1.54) is 0 Å². The number of nitrogens with one attached hydrogen (secondary N) is 1. The second-order valence-corrected chi connectivity index (χ2v) is 8.58. The summed E-state index contributed by atoms with van der Waals surface area (Å²) in [6.07, 6.45) is 0.702. The van der Waals surface area contributed by atoms with E-state index in [1.807, 2.05) is 71.3 Å². The Morgan fingerprint density at radius 3 is 2.40 bits per heavy atom. The number of fused-ring (bicyclic) bond motifs is 2. The van der Waals surface area contributed by atoms with Crippen LogP contribution in [0.15, 0.2) is 72.8 Å². The first-order chi connectivity index (χ1) is 17.0. The maximum absolute atomic E-state index is 13.3. The SMILES string of the molecule is COc1ccc(CCn2c(N)c(C(=O)NCc3ccccc3Cl)c3nc4ccccc4nc32)cc1. The lowest BCUT2D eigenvalue weighted by Crippen LogP contribution is -2.24. The second kappa shape index (κ2) is 9.64. The van der Waals surface area contributed by atoms with Gasteiger partial charge in [0.05, 0.1) is 18.1 Å². The van der Waals surface area contributed by atoms with Gasteiger partial charge in [-0.25, -0.2) is 9.97 Å². The van der Waals surface area contributed by atoms with Gasteiger partial charge < -0.3 is 20.4 Å². The number of methoxy groups -OCH3 is 1. The van der Waals surface area contributed by atoms with Crippen LogP contribution in [-0.4, -0.2) is 27.6 Å². The molecule has 5 rings (SSSR count). The van der Waals surface area contributed by atoms with Gasteiger partial charge in [0.25, 0.3) is 5.91 Å². The van der Waals surface area contributed by atoms with Crippen molar-refractivity contribution in [2.75, 3.05) is 12.8 Å². The number of amides is 1. The normalized spacial score (nSPS) is 11.1. The van der Waals surface area contributed by atoms with E-state index in [2.05, 4.69) is 5.32 Å². The van der Waals surface area contributed by atoms with E-state index in [-0.39, 0.29) is 12.5 Å². The summed E-state index contributed by atoms with van der Waals surface area (Å²) in [5.74, 6) is 0.815. The van der Waals surface area contributed by atoms with E-state index >= 15 is 0 Å². The van der Waals surface area contributed by atoms with E-state index in [0.29, 0.717) is 46.1 Å². The predicted octanol–water partition coefficient (Wildman–Crippen LogP) is 5.00. The maximum Gasteiger partial charge on any atom is 0.257 e. The lowest BCUT2D eigenvalue weighted by atomic mass is 10.1. The molecule has 0 aliphatic rings. The zero-order valence-electron chi connectivity index (χ0n) is 19.2. The molecule has 3 N–H and O–H groups in total. The first kappa shape index (κ1) is 22.7. The summed E-state index contributed by atoms with van der Waals surface area (Å²) in [7, 11) is 1.64. The molecule has 1 amide bonds. The third kappa shape index (κ3) is 4.50. The number of nitrogen functional groups attached to an aromatic ring is 1. The number of hydrogen-bond donors (Lipinski definition) is 2. The van der Waals surface area contributed by atoms with Gasteiger partial charge in [0.1, 0.15) is 22.6 Å². The molecule has 0 fully saturated rings. The number of aryl methyl sites for hydroxylation is 2. The molecule has 0 radical (unpaired) electrons. The number of benzene rings is 3. The van der Waals surface area contributed by atoms with E-state index < -0.39 is 0 Å². The van der Waals surface area contributed by atoms with Gasteiger partial charge in [0, 0.05) is 18.1 Å². The smallest absolute Gasteiger partial charge is 0.257 e. The Labute approximate surface area is 207 Å². The quantitative estimate of drug-likeness (QED) is 0.338. The number of ether oxygens (including phenoxy) is 1. The third-order valence-corrected chi connectivity index (χ3v) is 6.37. The lowest BCUT2D eigenvalue weighted by molar-refractivity contribution is 0.0953. The number of carbonyl (C=O) groups excluding carboxylic acids is 1. The van der Waals surface area contributed by atoms with Crippen molar-refractivity contribution in [2.24, 2.45) is 0 Å². The fraction of sp³-hybridized carbons (Fsp3) is 0.148. The maximum atomic E-state index is 13.3. The third-order valence-electron chi connectivity index (χ3n) is 6.00. The molecular weight excluding hydrogens is 462 g/mol. The minimum Gasteiger partial charge on any atom is -0.497 e. The molecule has 0 unspecified atom stereocenters. The van der Waals surface area contributed by atoms with Gasteiger partial charge in [-0.3, -0.25) is 4.79 Å². The van der Waals surface area contributed by atoms with Gasteiger partial charge >= 0.3 is 0 Å². The number of halogens is 1. The molecule has 2 heterocycles. The molecule has 3 aromatic carbocycles. The van der Waals surface area contributed by atoms with Gasteiger partial charge in [0.15, 0.2) is 5.65 Å². The summed E-state index contributed by atoms with van der Waals surface area (Å²) in [6, 6.07) is 22.8. The minimum atomic E-state index is -0.319. The summed E-state index contributed by atoms with van der Waals surface area (Å²) >= 11 is 6.26. The average molecular weight is 486 g/mol. The molecule has 7 nitrogen and oxygen atoms in total. The predicted molar refractivity (Wildman–Crippen MR) is 139 cm³/mol. The van der Waals surface area contributed by atoms with Crippen molar-refractivity contribution in [1.29, 1.82) is 0 Å². The largest absolute Gasteiger partial charge is 0.497 e. The first-order valence-corrected chi connectivity index (χ1v) is 11.6. The summed E-state index contributed by atoms with van der Waals surface area (Å²) in [5, 5.41) is 3.53. The van der Waals surface area contributed by atoms with Crippen LogP contribution >= 0.6 is 11.6 Å². The molecule has 176 valence electrons. The zero-order chi connectivity index (χ0) is 24.4. The van der Waals surface area contributed by atoms with Crippen LogP contribution < -0.4 is 15.8 Å². The van der Waals surface area contributed by atoms with Crippen molar-refractivity contribution >= 4 is 45.5 Å². The lowest BCUT2D eigenvalue weighted by Gasteiger charge is -2.09. The van der Waals surface area contributed by atoms with Gasteiger partial charge in [-0.05, 0) is 47.9 Å². The highest BCUT2D eigenvalue weighted by Gasteiger charge is 2.24. The Kier molecular flexibility index (Phi) is 6.25. The summed E-state index contributed by atoms with van der Waals surface area (Å²) in [4.78, 5) is 22.9. The van der Waals surface area contributed by atoms with Crippen molar-refractivity contribution < 1.29 is 9.53 Å². The van der Waals surface area contributed by atoms with Gasteiger partial charge in [-0.1, -0.05) is 54.1 Å². The molecule has 0 aliphatic heterocycles. The number of hydrogen-bond acceptors (Lipinski definition) is 5. The van der Waals surface area contributed by atoms with Crippen LogP contribution in [0.3, 0.4) is 0 Å². The fourth-order valence-electron chi connectivity index (χ4n) is 4.11. The monoisotopic (exact) mass is 485 g/mol. The molecule has 5 aromatic rings. The van der Waals surface area contributed by atoms with E-state index in [9.17, 15) is 4.79 Å². The minimum absolute atomic E-state index is 0.275. The Balaban J connectivity index is 1.52. The zero-order valence-corrected chi connectivity index (χ0v) is 19.9. The molecule has 0 spiro atoms. The van der Waals surface area contributed by atoms with E-state index in [1.54, 1.807) is 13.2 Å². The summed E-state index contributed by atoms with van der Waals surface area (Å²) in [5.41, 5.74) is 11.3. The van der Waals surface area contributed by atoms with Crippen LogP contribution in [0.4, 0.5) is 5.82 Å². The van der Waals surface area contributed by atoms with Crippen LogP contribution in [-0.2, 0) is 19.5 Å². The van der Waals surface area contributed by atoms with Crippen molar-refractivity contribution in [3.63, 3.8) is 0 Å². The van der Waals surface area contributed by atoms with Crippen LogP contribution in [0.1, 0.15) is 21.5 Å². The van der Waals surface area contributed by atoms with E-state index in [0.717, 1.165) is 22.4 Å². The molecule has 0 aliphatic carbocycles. The van der Waals surface area contributed by atoms with Crippen LogP contribution in [0.2, 0.25) is 5.02 Å². The van der Waals surface area contributed by atoms with Gasteiger partial charge in [0.2, 0.25) is 0 Å². The number of aromatic nitrogens is 3. The molecule has 0 atom stereocenters. The highest BCUT2D eigenvalue weighted by atomic mass is 35.5. The summed E-state index contributed by atoms with van der Waals surface area (Å²) in [6.45, 7) is 0.816. The molecule has 8 heteroatoms. The Morgan fingerprint density at radius 1 is 1.00 bits per heavy atom. The van der Waals surface area contributed by atoms with Crippen molar-refractivity contribution in [2.45, 2.75) is 19.5 Å². The van der Waals surface area contributed by atoms with Crippen LogP contribution in [0.5, 0.6) is 5.75 Å². The standard InChI is InChI=1S/C27H24ClN5O2/c1-35-19-12-10-17(11-13-19)14-15-33-25(29)23(27(34)30-16-18-6-2-3-7-20(18)28)24-26(33)32-22-9-5-4-8-21(22)31-24/h2-13H,14-16,29H2,1H3,(H,30,34). The Morgan fingerprint density at radius 2 is 1.69 bits per heavy atom. The molecule has 0 saturated carbocycles. The molecular formula is C27H24ClN5O2. The topological polar surface area (TPSA) is 95.1 Å². The van der Waals surface area contributed by atoms with Crippen molar-refractivity contribution in [3.8, 4) is 5.75 Å². The van der Waals surface area contributed by atoms with Crippen molar-refractivity contribution in [1.82, 2.24) is 19.9 Å². The highest BCUT2D eigenvalue weighted by Crippen LogP contribution is 2.28. The molecule has 0 saturated heterocycles. The molecule has 2 aromatic heterocycles. The van der Waals surface area contributed by atoms with Crippen LogP contribution in [0, 0.1) is 0 Å². The van der Waals surface area contributed by atoms with E-state index in [4.69, 9.17) is 32.0 Å². The van der Waals surface area contributed by atoms with Crippen LogP contribution in [0.25, 0.3) is 22.2 Å². The molecule has 35 heavy (non-hydrogen) atoms. The summed E-state index contributed by atoms with van der Waals surface area (Å²) < 4.78 is 7.11. The average Bonchev–Trinajstić information content (AvgIpc) is 3.15.